The Balaban J connectivity index is 2.02. The fraction of sp³-hybridized carbons (Fsp3) is 0.333. The second-order valence-corrected chi connectivity index (χ2v) is 3.35. The van der Waals surface area contributed by atoms with E-state index in [1.165, 1.54) is 0 Å². The Morgan fingerprint density at radius 1 is 1.31 bits per heavy atom. The molecule has 0 atom stereocenters. The minimum Gasteiger partial charge on any atom is -0.377 e. The van der Waals surface area contributed by atoms with E-state index in [4.69, 9.17) is 4.74 Å². The Hall–Kier alpha value is -1.68. The van der Waals surface area contributed by atoms with Gasteiger partial charge in [-0.15, -0.1) is 0 Å². The second-order valence-electron chi connectivity index (χ2n) is 3.35. The van der Waals surface area contributed by atoms with Crippen molar-refractivity contribution >= 4 is 0 Å². The highest BCUT2D eigenvalue weighted by atomic mass is 16.6. The standard InChI is InChI=1S/C12H15NO3/c14-13(15)9-5-2-6-10-16-11-12-7-3-1-4-8-12/h1,3-5,7-9H,2,6,10-11H2/b9-5+. The molecule has 0 aliphatic carbocycles. The van der Waals surface area contributed by atoms with E-state index in [9.17, 15) is 10.1 Å². The molecule has 16 heavy (non-hydrogen) atoms. The molecule has 4 nitrogen and oxygen atoms in total. The summed E-state index contributed by atoms with van der Waals surface area (Å²) < 4.78 is 5.42. The molecule has 0 aliphatic rings. The molecule has 0 spiro atoms. The van der Waals surface area contributed by atoms with E-state index >= 15 is 0 Å². The number of benzene rings is 1. The van der Waals surface area contributed by atoms with Crippen molar-refractivity contribution in [3.05, 3.63) is 58.3 Å². The number of allylic oxidation sites excluding steroid dienone is 1. The van der Waals surface area contributed by atoms with E-state index in [1.54, 1.807) is 6.08 Å². The van der Waals surface area contributed by atoms with Gasteiger partial charge in [0.1, 0.15) is 0 Å². The largest absolute Gasteiger partial charge is 0.377 e. The molecule has 1 aromatic rings. The fourth-order valence-corrected chi connectivity index (χ4v) is 1.23. The minimum atomic E-state index is -0.454. The zero-order valence-corrected chi connectivity index (χ0v) is 9.04. The maximum atomic E-state index is 9.96. The smallest absolute Gasteiger partial charge is 0.230 e. The number of hydrogen-bond donors (Lipinski definition) is 0. The van der Waals surface area contributed by atoms with Gasteiger partial charge in [0.15, 0.2) is 0 Å². The number of nitro groups is 1. The van der Waals surface area contributed by atoms with Crippen molar-refractivity contribution in [2.45, 2.75) is 19.4 Å². The van der Waals surface area contributed by atoms with Crippen LogP contribution in [0.4, 0.5) is 0 Å². The van der Waals surface area contributed by atoms with Gasteiger partial charge in [0, 0.05) is 6.61 Å². The molecule has 0 N–H and O–H groups in total. The van der Waals surface area contributed by atoms with Crippen molar-refractivity contribution in [1.82, 2.24) is 0 Å². The van der Waals surface area contributed by atoms with E-state index in [2.05, 4.69) is 0 Å². The van der Waals surface area contributed by atoms with Gasteiger partial charge in [-0.05, 0) is 24.5 Å². The molecule has 0 radical (unpaired) electrons. The lowest BCUT2D eigenvalue weighted by atomic mass is 10.2. The van der Waals surface area contributed by atoms with E-state index in [-0.39, 0.29) is 0 Å². The van der Waals surface area contributed by atoms with Crippen LogP contribution < -0.4 is 0 Å². The summed E-state index contributed by atoms with van der Waals surface area (Å²) in [5, 5.41) is 9.96. The maximum absolute atomic E-state index is 9.96. The fourth-order valence-electron chi connectivity index (χ4n) is 1.23. The first kappa shape index (κ1) is 12.4. The van der Waals surface area contributed by atoms with Crippen LogP contribution >= 0.6 is 0 Å². The van der Waals surface area contributed by atoms with Gasteiger partial charge in [-0.2, -0.15) is 0 Å². The number of nitrogens with zero attached hydrogens (tertiary/aromatic N) is 1. The Kier molecular flexibility index (Phi) is 5.88. The lowest BCUT2D eigenvalue weighted by Gasteiger charge is -2.02. The van der Waals surface area contributed by atoms with Crippen LogP contribution in [0.1, 0.15) is 18.4 Å². The SMILES string of the molecule is O=[N+]([O-])/C=C/CCCOCc1ccccc1. The molecule has 0 amide bonds. The third-order valence-corrected chi connectivity index (χ3v) is 2.00. The zero-order chi connectivity index (χ0) is 11.6. The summed E-state index contributed by atoms with van der Waals surface area (Å²) in [5.41, 5.74) is 1.14. The highest BCUT2D eigenvalue weighted by Gasteiger charge is 1.91. The highest BCUT2D eigenvalue weighted by molar-refractivity contribution is 5.13. The topological polar surface area (TPSA) is 52.4 Å². The maximum Gasteiger partial charge on any atom is 0.230 e. The molecule has 0 bridgehead atoms. The van der Waals surface area contributed by atoms with Gasteiger partial charge in [0.05, 0.1) is 11.5 Å². The number of ether oxygens (including phenoxy) is 1. The van der Waals surface area contributed by atoms with Crippen molar-refractivity contribution in [3.63, 3.8) is 0 Å². The lowest BCUT2D eigenvalue weighted by Crippen LogP contribution is -1.94. The first-order valence-electron chi connectivity index (χ1n) is 5.21. The van der Waals surface area contributed by atoms with Gasteiger partial charge in [0.25, 0.3) is 0 Å². The molecule has 86 valence electrons. The molecule has 0 saturated carbocycles. The summed E-state index contributed by atoms with van der Waals surface area (Å²) in [4.78, 5) is 9.51. The molecule has 0 fully saturated rings. The monoisotopic (exact) mass is 221 g/mol. The van der Waals surface area contributed by atoms with Gasteiger partial charge >= 0.3 is 0 Å². The average Bonchev–Trinajstić information content (AvgIpc) is 2.29. The second kappa shape index (κ2) is 7.59. The van der Waals surface area contributed by atoms with Crippen molar-refractivity contribution in [2.24, 2.45) is 0 Å². The predicted molar refractivity (Wildman–Crippen MR) is 61.5 cm³/mol. The van der Waals surface area contributed by atoms with Crippen LogP contribution in [0, 0.1) is 10.1 Å². The van der Waals surface area contributed by atoms with E-state index in [1.807, 2.05) is 30.3 Å². The van der Waals surface area contributed by atoms with Gasteiger partial charge in [-0.25, -0.2) is 0 Å². The molecule has 0 aliphatic heterocycles. The van der Waals surface area contributed by atoms with Crippen molar-refractivity contribution in [1.29, 1.82) is 0 Å². The molecule has 0 saturated heterocycles. The molecule has 0 aromatic heterocycles. The normalized spacial score (nSPS) is 10.8. The Labute approximate surface area is 94.7 Å². The van der Waals surface area contributed by atoms with Crippen LogP contribution in [0.3, 0.4) is 0 Å². The quantitative estimate of drug-likeness (QED) is 0.404. The van der Waals surface area contributed by atoms with Crippen LogP contribution in [-0.2, 0) is 11.3 Å². The van der Waals surface area contributed by atoms with Gasteiger partial charge < -0.3 is 4.74 Å². The number of unbranched alkanes of at least 4 members (excludes halogenated alkanes) is 1. The van der Waals surface area contributed by atoms with Crippen molar-refractivity contribution in [2.75, 3.05) is 6.61 Å². The molecular formula is C12H15NO3. The molecular weight excluding hydrogens is 206 g/mol. The lowest BCUT2D eigenvalue weighted by molar-refractivity contribution is -0.402. The predicted octanol–water partition coefficient (Wildman–Crippen LogP) is 2.77. The van der Waals surface area contributed by atoms with Crippen LogP contribution in [0.25, 0.3) is 0 Å². The van der Waals surface area contributed by atoms with Gasteiger partial charge in [-0.3, -0.25) is 10.1 Å². The Bertz CT molecular complexity index is 335. The number of hydrogen-bond acceptors (Lipinski definition) is 3. The summed E-state index contributed by atoms with van der Waals surface area (Å²) in [5.74, 6) is 0. The summed E-state index contributed by atoms with van der Waals surface area (Å²) in [6.45, 7) is 1.22. The molecule has 0 unspecified atom stereocenters. The van der Waals surface area contributed by atoms with Crippen molar-refractivity contribution in [3.8, 4) is 0 Å². The van der Waals surface area contributed by atoms with Crippen LogP contribution in [0.5, 0.6) is 0 Å². The van der Waals surface area contributed by atoms with Gasteiger partial charge in [-0.1, -0.05) is 30.3 Å². The van der Waals surface area contributed by atoms with Crippen LogP contribution in [-0.4, -0.2) is 11.5 Å². The average molecular weight is 221 g/mol. The first-order valence-corrected chi connectivity index (χ1v) is 5.21. The summed E-state index contributed by atoms with van der Waals surface area (Å²) in [6.07, 6.45) is 4.00. The number of rotatable bonds is 7. The minimum absolute atomic E-state index is 0.454. The third-order valence-electron chi connectivity index (χ3n) is 2.00. The molecule has 1 aromatic carbocycles. The first-order chi connectivity index (χ1) is 7.79. The summed E-state index contributed by atoms with van der Waals surface area (Å²) >= 11 is 0. The molecule has 0 heterocycles. The molecule has 4 heteroatoms. The van der Waals surface area contributed by atoms with Crippen molar-refractivity contribution < 1.29 is 9.66 Å². The highest BCUT2D eigenvalue weighted by Crippen LogP contribution is 2.01. The van der Waals surface area contributed by atoms with Gasteiger partial charge in [0.2, 0.25) is 6.20 Å². The zero-order valence-electron chi connectivity index (χ0n) is 9.04. The Morgan fingerprint density at radius 2 is 2.06 bits per heavy atom. The van der Waals surface area contributed by atoms with Crippen LogP contribution in [0.15, 0.2) is 42.6 Å². The van der Waals surface area contributed by atoms with E-state index < -0.39 is 4.92 Å². The summed E-state index contributed by atoms with van der Waals surface area (Å²) in [6, 6.07) is 9.92. The van der Waals surface area contributed by atoms with E-state index in [0.717, 1.165) is 18.2 Å². The molecule has 1 rings (SSSR count). The summed E-state index contributed by atoms with van der Waals surface area (Å²) in [7, 11) is 0. The third kappa shape index (κ3) is 5.93. The van der Waals surface area contributed by atoms with E-state index in [0.29, 0.717) is 19.6 Å². The van der Waals surface area contributed by atoms with Crippen LogP contribution in [0.2, 0.25) is 0 Å². The Morgan fingerprint density at radius 3 is 2.75 bits per heavy atom.